The summed E-state index contributed by atoms with van der Waals surface area (Å²) in [7, 11) is 0. The van der Waals surface area contributed by atoms with Gasteiger partial charge in [-0.25, -0.2) is 9.97 Å². The fourth-order valence-corrected chi connectivity index (χ4v) is 1.48. The molecule has 0 radical (unpaired) electrons. The second-order valence-electron chi connectivity index (χ2n) is 3.18. The summed E-state index contributed by atoms with van der Waals surface area (Å²) >= 11 is 0. The van der Waals surface area contributed by atoms with Crippen LogP contribution in [-0.2, 0) is 0 Å². The van der Waals surface area contributed by atoms with E-state index in [-0.39, 0.29) is 5.92 Å². The van der Waals surface area contributed by atoms with Crippen LogP contribution in [0, 0.1) is 0 Å². The second-order valence-corrected chi connectivity index (χ2v) is 3.18. The van der Waals surface area contributed by atoms with Crippen molar-refractivity contribution in [2.24, 2.45) is 5.73 Å². The van der Waals surface area contributed by atoms with E-state index in [2.05, 4.69) is 15.0 Å². The topological polar surface area (TPSA) is 64.7 Å². The van der Waals surface area contributed by atoms with E-state index in [4.69, 9.17) is 5.73 Å². The zero-order chi connectivity index (χ0) is 10.5. The Hall–Kier alpha value is -1.81. The standard InChI is InChI=1S/C11H12N4/c12-8-10(9-2-6-13-7-3-9)11-14-4-1-5-15-11/h1-7,10H,8,12H2. The molecule has 1 atom stereocenters. The third-order valence-corrected chi connectivity index (χ3v) is 2.24. The third kappa shape index (κ3) is 2.16. The molecule has 4 nitrogen and oxygen atoms in total. The van der Waals surface area contributed by atoms with Crippen LogP contribution in [0.15, 0.2) is 43.0 Å². The highest BCUT2D eigenvalue weighted by Crippen LogP contribution is 2.18. The molecule has 0 aliphatic rings. The molecule has 0 bridgehead atoms. The Labute approximate surface area is 88.2 Å². The van der Waals surface area contributed by atoms with Gasteiger partial charge in [-0.1, -0.05) is 0 Å². The van der Waals surface area contributed by atoms with Gasteiger partial charge in [0.2, 0.25) is 0 Å². The van der Waals surface area contributed by atoms with Crippen molar-refractivity contribution in [1.82, 2.24) is 15.0 Å². The minimum atomic E-state index is 0.0502. The molecule has 0 aliphatic carbocycles. The first-order chi connectivity index (χ1) is 7.42. The smallest absolute Gasteiger partial charge is 0.136 e. The number of aromatic nitrogens is 3. The van der Waals surface area contributed by atoms with Crippen molar-refractivity contribution in [3.05, 3.63) is 54.4 Å². The van der Waals surface area contributed by atoms with Crippen LogP contribution in [-0.4, -0.2) is 21.5 Å². The van der Waals surface area contributed by atoms with Crippen LogP contribution in [0.4, 0.5) is 0 Å². The van der Waals surface area contributed by atoms with Gasteiger partial charge in [-0.15, -0.1) is 0 Å². The van der Waals surface area contributed by atoms with Gasteiger partial charge in [0.15, 0.2) is 0 Å². The molecule has 76 valence electrons. The first-order valence-corrected chi connectivity index (χ1v) is 4.78. The van der Waals surface area contributed by atoms with Gasteiger partial charge < -0.3 is 5.73 Å². The summed E-state index contributed by atoms with van der Waals surface area (Å²) in [6, 6.07) is 5.67. The van der Waals surface area contributed by atoms with Crippen LogP contribution in [0.2, 0.25) is 0 Å². The monoisotopic (exact) mass is 200 g/mol. The molecule has 15 heavy (non-hydrogen) atoms. The highest BCUT2D eigenvalue weighted by molar-refractivity contribution is 5.23. The Bertz CT molecular complexity index is 362. The zero-order valence-electron chi connectivity index (χ0n) is 8.24. The summed E-state index contributed by atoms with van der Waals surface area (Å²) in [5.74, 6) is 0.806. The highest BCUT2D eigenvalue weighted by atomic mass is 14.9. The van der Waals surface area contributed by atoms with Crippen LogP contribution >= 0.6 is 0 Å². The molecule has 0 fully saturated rings. The lowest BCUT2D eigenvalue weighted by Gasteiger charge is -2.12. The van der Waals surface area contributed by atoms with Crippen molar-refractivity contribution in [2.45, 2.75) is 5.92 Å². The van der Waals surface area contributed by atoms with Gasteiger partial charge in [0.1, 0.15) is 5.82 Å². The van der Waals surface area contributed by atoms with E-state index >= 15 is 0 Å². The maximum Gasteiger partial charge on any atom is 0.136 e. The van der Waals surface area contributed by atoms with E-state index in [0.717, 1.165) is 11.4 Å². The molecular formula is C11H12N4. The van der Waals surface area contributed by atoms with Crippen molar-refractivity contribution in [2.75, 3.05) is 6.54 Å². The Kier molecular flexibility index (Phi) is 2.99. The lowest BCUT2D eigenvalue weighted by Crippen LogP contribution is -2.16. The minimum absolute atomic E-state index is 0.0502. The lowest BCUT2D eigenvalue weighted by atomic mass is 10.00. The molecule has 0 aromatic carbocycles. The molecule has 1 unspecified atom stereocenters. The van der Waals surface area contributed by atoms with Gasteiger partial charge in [-0.2, -0.15) is 0 Å². The van der Waals surface area contributed by atoms with E-state index < -0.39 is 0 Å². The van der Waals surface area contributed by atoms with Gasteiger partial charge >= 0.3 is 0 Å². The fourth-order valence-electron chi connectivity index (χ4n) is 1.48. The van der Waals surface area contributed by atoms with Crippen LogP contribution in [0.5, 0.6) is 0 Å². The van der Waals surface area contributed by atoms with Crippen molar-refractivity contribution in [3.63, 3.8) is 0 Å². The number of hydrogen-bond acceptors (Lipinski definition) is 4. The Morgan fingerprint density at radius 3 is 2.33 bits per heavy atom. The van der Waals surface area contributed by atoms with Gasteiger partial charge in [0.05, 0.1) is 5.92 Å². The summed E-state index contributed by atoms with van der Waals surface area (Å²) in [6.45, 7) is 0.494. The Morgan fingerprint density at radius 1 is 1.07 bits per heavy atom. The molecule has 2 heterocycles. The molecule has 2 aromatic rings. The summed E-state index contributed by atoms with van der Waals surface area (Å²) in [5.41, 5.74) is 6.83. The molecule has 4 heteroatoms. The summed E-state index contributed by atoms with van der Waals surface area (Å²) in [5, 5.41) is 0. The SMILES string of the molecule is NCC(c1ccncc1)c1ncccn1. The molecule has 0 amide bonds. The van der Waals surface area contributed by atoms with Crippen LogP contribution in [0.25, 0.3) is 0 Å². The first-order valence-electron chi connectivity index (χ1n) is 4.78. The van der Waals surface area contributed by atoms with E-state index in [1.54, 1.807) is 30.9 Å². The van der Waals surface area contributed by atoms with E-state index in [9.17, 15) is 0 Å². The number of rotatable bonds is 3. The van der Waals surface area contributed by atoms with E-state index in [1.807, 2.05) is 12.1 Å². The number of nitrogens with two attached hydrogens (primary N) is 1. The molecule has 0 aliphatic heterocycles. The minimum Gasteiger partial charge on any atom is -0.329 e. The van der Waals surface area contributed by atoms with Crippen molar-refractivity contribution < 1.29 is 0 Å². The lowest BCUT2D eigenvalue weighted by molar-refractivity contribution is 0.748. The van der Waals surface area contributed by atoms with Crippen LogP contribution < -0.4 is 5.73 Å². The summed E-state index contributed by atoms with van der Waals surface area (Å²) < 4.78 is 0. The third-order valence-electron chi connectivity index (χ3n) is 2.24. The average molecular weight is 200 g/mol. The van der Waals surface area contributed by atoms with Gasteiger partial charge in [0, 0.05) is 31.3 Å². The summed E-state index contributed by atoms with van der Waals surface area (Å²) in [6.07, 6.45) is 6.96. The average Bonchev–Trinajstić information content (AvgIpc) is 2.33. The predicted molar refractivity (Wildman–Crippen MR) is 57.2 cm³/mol. The normalized spacial score (nSPS) is 12.3. The van der Waals surface area contributed by atoms with Crippen LogP contribution in [0.1, 0.15) is 17.3 Å². The van der Waals surface area contributed by atoms with Crippen LogP contribution in [0.3, 0.4) is 0 Å². The van der Waals surface area contributed by atoms with E-state index in [1.165, 1.54) is 0 Å². The maximum absolute atomic E-state index is 5.74. The number of pyridine rings is 1. The maximum atomic E-state index is 5.74. The van der Waals surface area contributed by atoms with Crippen molar-refractivity contribution in [3.8, 4) is 0 Å². The zero-order valence-corrected chi connectivity index (χ0v) is 8.24. The molecule has 0 saturated carbocycles. The fraction of sp³-hybridized carbons (Fsp3) is 0.182. The summed E-state index contributed by atoms with van der Waals surface area (Å²) in [4.78, 5) is 12.4. The molecule has 2 aromatic heterocycles. The largest absolute Gasteiger partial charge is 0.329 e. The Balaban J connectivity index is 2.34. The molecule has 2 rings (SSSR count). The van der Waals surface area contributed by atoms with Gasteiger partial charge in [-0.3, -0.25) is 4.98 Å². The number of hydrogen-bond donors (Lipinski definition) is 1. The molecule has 2 N–H and O–H groups in total. The van der Waals surface area contributed by atoms with Gasteiger partial charge in [-0.05, 0) is 23.8 Å². The molecule has 0 saturated heterocycles. The van der Waals surface area contributed by atoms with Crippen molar-refractivity contribution >= 4 is 0 Å². The molecule has 0 spiro atoms. The predicted octanol–water partition coefficient (Wildman–Crippen LogP) is 0.962. The highest BCUT2D eigenvalue weighted by Gasteiger charge is 2.14. The quantitative estimate of drug-likeness (QED) is 0.801. The number of nitrogens with zero attached hydrogens (tertiary/aromatic N) is 3. The second kappa shape index (κ2) is 4.61. The van der Waals surface area contributed by atoms with Gasteiger partial charge in [0.25, 0.3) is 0 Å². The first kappa shape index (κ1) is 9.73. The van der Waals surface area contributed by atoms with E-state index in [0.29, 0.717) is 6.54 Å². The molecular weight excluding hydrogens is 188 g/mol. The Morgan fingerprint density at radius 2 is 1.73 bits per heavy atom. The van der Waals surface area contributed by atoms with Crippen molar-refractivity contribution in [1.29, 1.82) is 0 Å².